The molecule has 0 heterocycles. The summed E-state index contributed by atoms with van der Waals surface area (Å²) in [5, 5.41) is -0.314. The molecule has 1 aliphatic rings. The molecule has 0 spiro atoms. The first-order chi connectivity index (χ1) is 8.90. The molecule has 4 nitrogen and oxygen atoms in total. The molecule has 1 aromatic carbocycles. The number of anilines is 1. The summed E-state index contributed by atoms with van der Waals surface area (Å²) in [6, 6.07) is 5.17. The van der Waals surface area contributed by atoms with Crippen LogP contribution in [0.3, 0.4) is 0 Å². The minimum Gasteiger partial charge on any atom is -0.389 e. The fourth-order valence-electron chi connectivity index (χ4n) is 2.25. The molecule has 1 aromatic rings. The van der Waals surface area contributed by atoms with Crippen LogP contribution < -0.4 is 10.5 Å². The number of benzene rings is 1. The van der Waals surface area contributed by atoms with Crippen molar-refractivity contribution in [1.29, 1.82) is 0 Å². The fraction of sp³-hybridized carbons (Fsp3) is 0.417. The number of halogens is 1. The summed E-state index contributed by atoms with van der Waals surface area (Å²) >= 11 is 8.26. The van der Waals surface area contributed by atoms with Crippen molar-refractivity contribution in [2.45, 2.75) is 30.9 Å². The summed E-state index contributed by atoms with van der Waals surface area (Å²) in [6.45, 7) is 0. The molecule has 0 aliphatic heterocycles. The van der Waals surface area contributed by atoms with Crippen LogP contribution in [0.4, 0.5) is 5.69 Å². The first kappa shape index (κ1) is 14.7. The standard InChI is InChI=1S/C12H15BrN2O2S2/c13-8-5-6-10(12(14)18)11(7-8)15-19(16,17)9-3-1-2-4-9/h5-7,9,15H,1-4H2,(H2,14,18). The van der Waals surface area contributed by atoms with Gasteiger partial charge in [-0.15, -0.1) is 0 Å². The van der Waals surface area contributed by atoms with Gasteiger partial charge in [0, 0.05) is 10.0 Å². The van der Waals surface area contributed by atoms with E-state index in [4.69, 9.17) is 18.0 Å². The van der Waals surface area contributed by atoms with Gasteiger partial charge in [0.2, 0.25) is 10.0 Å². The quantitative estimate of drug-likeness (QED) is 0.807. The molecule has 0 unspecified atom stereocenters. The highest BCUT2D eigenvalue weighted by Gasteiger charge is 2.29. The van der Waals surface area contributed by atoms with Crippen molar-refractivity contribution in [2.75, 3.05) is 4.72 Å². The van der Waals surface area contributed by atoms with Gasteiger partial charge in [-0.2, -0.15) is 0 Å². The highest BCUT2D eigenvalue weighted by Crippen LogP contribution is 2.28. The third kappa shape index (κ3) is 3.46. The molecule has 2 rings (SSSR count). The summed E-state index contributed by atoms with van der Waals surface area (Å²) in [7, 11) is -3.37. The lowest BCUT2D eigenvalue weighted by Gasteiger charge is -2.16. The van der Waals surface area contributed by atoms with E-state index in [1.807, 2.05) is 0 Å². The second-order valence-corrected chi connectivity index (χ2v) is 7.92. The van der Waals surface area contributed by atoms with E-state index < -0.39 is 10.0 Å². The zero-order valence-corrected chi connectivity index (χ0v) is 13.4. The maximum absolute atomic E-state index is 12.3. The minimum atomic E-state index is -3.37. The van der Waals surface area contributed by atoms with Crippen molar-refractivity contribution < 1.29 is 8.42 Å². The number of hydrogen-bond acceptors (Lipinski definition) is 3. The molecule has 1 saturated carbocycles. The van der Waals surface area contributed by atoms with Crippen LogP contribution in [0.5, 0.6) is 0 Å². The second-order valence-electron chi connectivity index (χ2n) is 4.61. The average molecular weight is 363 g/mol. The number of rotatable bonds is 4. The Morgan fingerprint density at radius 1 is 1.37 bits per heavy atom. The molecule has 104 valence electrons. The van der Waals surface area contributed by atoms with Gasteiger partial charge in [-0.3, -0.25) is 4.72 Å². The minimum absolute atomic E-state index is 0.177. The Morgan fingerprint density at radius 3 is 2.58 bits per heavy atom. The van der Waals surface area contributed by atoms with E-state index in [1.165, 1.54) is 0 Å². The molecule has 1 fully saturated rings. The molecular formula is C12H15BrN2O2S2. The summed E-state index contributed by atoms with van der Waals surface area (Å²) in [5.41, 5.74) is 6.60. The van der Waals surface area contributed by atoms with Gasteiger partial charge in [-0.05, 0) is 31.0 Å². The highest BCUT2D eigenvalue weighted by molar-refractivity contribution is 9.10. The molecule has 0 radical (unpaired) electrons. The second kappa shape index (κ2) is 5.76. The summed E-state index contributed by atoms with van der Waals surface area (Å²) < 4.78 is 28.0. The van der Waals surface area contributed by atoms with Crippen molar-refractivity contribution in [1.82, 2.24) is 0 Å². The third-order valence-electron chi connectivity index (χ3n) is 3.24. The van der Waals surface area contributed by atoms with Gasteiger partial charge >= 0.3 is 0 Å². The Bertz CT molecular complexity index is 596. The molecule has 7 heteroatoms. The van der Waals surface area contributed by atoms with Crippen LogP contribution in [0.15, 0.2) is 22.7 Å². The fourth-order valence-corrected chi connectivity index (χ4v) is 4.39. The zero-order chi connectivity index (χ0) is 14.0. The van der Waals surface area contributed by atoms with E-state index in [2.05, 4.69) is 20.7 Å². The predicted octanol–water partition coefficient (Wildman–Crippen LogP) is 2.77. The topological polar surface area (TPSA) is 72.2 Å². The number of nitrogens with one attached hydrogen (secondary N) is 1. The molecule has 0 saturated heterocycles. The number of thiocarbonyl (C=S) groups is 1. The lowest BCUT2D eigenvalue weighted by molar-refractivity contribution is 0.585. The van der Waals surface area contributed by atoms with Crippen LogP contribution in [-0.2, 0) is 10.0 Å². The van der Waals surface area contributed by atoms with Crippen molar-refractivity contribution in [3.05, 3.63) is 28.2 Å². The van der Waals surface area contributed by atoms with Gasteiger partial charge in [0.1, 0.15) is 4.99 Å². The van der Waals surface area contributed by atoms with Crippen LogP contribution >= 0.6 is 28.1 Å². The maximum Gasteiger partial charge on any atom is 0.235 e. The van der Waals surface area contributed by atoms with E-state index >= 15 is 0 Å². The zero-order valence-electron chi connectivity index (χ0n) is 10.2. The molecular weight excluding hydrogens is 348 g/mol. The molecule has 3 N–H and O–H groups in total. The van der Waals surface area contributed by atoms with E-state index in [1.54, 1.807) is 18.2 Å². The van der Waals surface area contributed by atoms with Crippen LogP contribution in [0, 0.1) is 0 Å². The summed E-state index contributed by atoms with van der Waals surface area (Å²) in [4.78, 5) is 0.177. The normalized spacial score (nSPS) is 16.5. The molecule has 1 aliphatic carbocycles. The molecule has 0 atom stereocenters. The van der Waals surface area contributed by atoms with E-state index in [0.717, 1.165) is 17.3 Å². The van der Waals surface area contributed by atoms with Gasteiger partial charge in [0.15, 0.2) is 0 Å². The van der Waals surface area contributed by atoms with Crippen molar-refractivity contribution in [3.8, 4) is 0 Å². The van der Waals surface area contributed by atoms with Crippen molar-refractivity contribution in [2.24, 2.45) is 5.73 Å². The SMILES string of the molecule is NC(=S)c1ccc(Br)cc1NS(=O)(=O)C1CCCC1. The maximum atomic E-state index is 12.3. The Labute approximate surface area is 126 Å². The Balaban J connectivity index is 2.32. The van der Waals surface area contributed by atoms with Crippen LogP contribution in [-0.4, -0.2) is 18.7 Å². The van der Waals surface area contributed by atoms with Gasteiger partial charge < -0.3 is 5.73 Å². The van der Waals surface area contributed by atoms with Gasteiger partial charge in [-0.1, -0.05) is 41.0 Å². The first-order valence-corrected chi connectivity index (χ1v) is 8.76. The van der Waals surface area contributed by atoms with E-state index in [0.29, 0.717) is 24.1 Å². The van der Waals surface area contributed by atoms with E-state index in [-0.39, 0.29) is 10.2 Å². The first-order valence-electron chi connectivity index (χ1n) is 6.01. The van der Waals surface area contributed by atoms with Crippen molar-refractivity contribution in [3.63, 3.8) is 0 Å². The molecule has 0 amide bonds. The monoisotopic (exact) mass is 362 g/mol. The van der Waals surface area contributed by atoms with Crippen LogP contribution in [0.2, 0.25) is 0 Å². The van der Waals surface area contributed by atoms with Gasteiger partial charge in [0.05, 0.1) is 10.9 Å². The summed E-state index contributed by atoms with van der Waals surface area (Å²) in [5.74, 6) is 0. The van der Waals surface area contributed by atoms with Crippen LogP contribution in [0.1, 0.15) is 31.2 Å². The molecule has 0 bridgehead atoms. The van der Waals surface area contributed by atoms with E-state index in [9.17, 15) is 8.42 Å². The highest BCUT2D eigenvalue weighted by atomic mass is 79.9. The Morgan fingerprint density at radius 2 is 2.00 bits per heavy atom. The Kier molecular flexibility index (Phi) is 4.47. The lowest BCUT2D eigenvalue weighted by atomic mass is 10.2. The van der Waals surface area contributed by atoms with Crippen LogP contribution in [0.25, 0.3) is 0 Å². The molecule has 0 aromatic heterocycles. The number of sulfonamides is 1. The lowest BCUT2D eigenvalue weighted by Crippen LogP contribution is -2.26. The summed E-state index contributed by atoms with van der Waals surface area (Å²) in [6.07, 6.45) is 3.36. The predicted molar refractivity (Wildman–Crippen MR) is 84.8 cm³/mol. The number of nitrogens with two attached hydrogens (primary N) is 1. The van der Waals surface area contributed by atoms with Crippen molar-refractivity contribution >= 4 is 48.8 Å². The smallest absolute Gasteiger partial charge is 0.235 e. The van der Waals surface area contributed by atoms with Gasteiger partial charge in [0.25, 0.3) is 0 Å². The molecule has 19 heavy (non-hydrogen) atoms. The average Bonchev–Trinajstić information content (AvgIpc) is 2.81. The third-order valence-corrected chi connectivity index (χ3v) is 5.81. The largest absolute Gasteiger partial charge is 0.389 e. The Hall–Kier alpha value is -0.660. The number of hydrogen-bond donors (Lipinski definition) is 2. The van der Waals surface area contributed by atoms with Gasteiger partial charge in [-0.25, -0.2) is 8.42 Å².